The largest absolute Gasteiger partial charge is 0.389 e. The van der Waals surface area contributed by atoms with Gasteiger partial charge in [-0.2, -0.15) is 5.10 Å². The highest BCUT2D eigenvalue weighted by atomic mass is 16.5. The van der Waals surface area contributed by atoms with E-state index in [0.717, 1.165) is 11.5 Å². The highest BCUT2D eigenvalue weighted by Gasteiger charge is 2.10. The van der Waals surface area contributed by atoms with Crippen LogP contribution in [0.5, 0.6) is 0 Å². The number of hydrogen-bond donors (Lipinski definition) is 1. The third kappa shape index (κ3) is 2.72. The van der Waals surface area contributed by atoms with Crippen molar-refractivity contribution in [2.75, 3.05) is 32.2 Å². The average molecular weight is 236 g/mol. The van der Waals surface area contributed by atoms with E-state index in [1.807, 2.05) is 30.3 Å². The summed E-state index contributed by atoms with van der Waals surface area (Å²) in [5, 5.41) is 13.7. The summed E-state index contributed by atoms with van der Waals surface area (Å²) >= 11 is 0. The molecule has 0 aromatic carbocycles. The monoisotopic (exact) mass is 236 g/mol. The number of fused-ring (bicyclic) bond motifs is 1. The van der Waals surface area contributed by atoms with Gasteiger partial charge in [0, 0.05) is 33.0 Å². The van der Waals surface area contributed by atoms with Crippen molar-refractivity contribution < 1.29 is 9.84 Å². The second kappa shape index (κ2) is 5.11. The number of anilines is 1. The molecule has 17 heavy (non-hydrogen) atoms. The Labute approximate surface area is 99.4 Å². The standard InChI is InChI=1S/C11H16N4O2/c1-14(7-9(16)8-17-2)10-4-6-15-11(13-10)3-5-12-15/h3-6,9,16H,7-8H2,1-2H3. The molecule has 0 radical (unpaired) electrons. The first-order valence-electron chi connectivity index (χ1n) is 5.39. The molecule has 0 aliphatic heterocycles. The Balaban J connectivity index is 2.09. The van der Waals surface area contributed by atoms with E-state index in [-0.39, 0.29) is 0 Å². The molecule has 1 N–H and O–H groups in total. The first-order chi connectivity index (χ1) is 8.20. The van der Waals surface area contributed by atoms with E-state index in [0.29, 0.717) is 13.2 Å². The Kier molecular flexibility index (Phi) is 3.55. The van der Waals surface area contributed by atoms with Crippen molar-refractivity contribution in [1.82, 2.24) is 14.6 Å². The number of methoxy groups -OCH3 is 1. The minimum Gasteiger partial charge on any atom is -0.389 e. The minimum atomic E-state index is -0.520. The molecule has 2 heterocycles. The molecule has 6 heteroatoms. The number of hydrogen-bond acceptors (Lipinski definition) is 5. The molecule has 6 nitrogen and oxygen atoms in total. The summed E-state index contributed by atoms with van der Waals surface area (Å²) in [6.07, 6.45) is 3.02. The smallest absolute Gasteiger partial charge is 0.157 e. The first-order valence-corrected chi connectivity index (χ1v) is 5.39. The van der Waals surface area contributed by atoms with E-state index in [4.69, 9.17) is 4.74 Å². The van der Waals surface area contributed by atoms with Gasteiger partial charge in [0.1, 0.15) is 5.82 Å². The molecular formula is C11H16N4O2. The third-order valence-corrected chi connectivity index (χ3v) is 2.48. The number of likely N-dealkylation sites (N-methyl/N-ethyl adjacent to an activating group) is 1. The van der Waals surface area contributed by atoms with Gasteiger partial charge < -0.3 is 14.7 Å². The molecule has 1 atom stereocenters. The SMILES string of the molecule is COCC(O)CN(C)c1ccn2nccc2n1. The number of aliphatic hydroxyl groups is 1. The van der Waals surface area contributed by atoms with Crippen LogP contribution in [0, 0.1) is 0 Å². The van der Waals surface area contributed by atoms with Crippen LogP contribution in [0.15, 0.2) is 24.5 Å². The van der Waals surface area contributed by atoms with Crippen molar-refractivity contribution in [1.29, 1.82) is 0 Å². The number of rotatable bonds is 5. The lowest BCUT2D eigenvalue weighted by Gasteiger charge is -2.21. The lowest BCUT2D eigenvalue weighted by atomic mass is 10.3. The Bertz CT molecular complexity index is 485. The Morgan fingerprint density at radius 1 is 1.53 bits per heavy atom. The third-order valence-electron chi connectivity index (χ3n) is 2.48. The van der Waals surface area contributed by atoms with Gasteiger partial charge in [0.2, 0.25) is 0 Å². The van der Waals surface area contributed by atoms with Crippen molar-refractivity contribution in [3.8, 4) is 0 Å². The molecule has 0 aliphatic rings. The fourth-order valence-corrected chi connectivity index (χ4v) is 1.67. The summed E-state index contributed by atoms with van der Waals surface area (Å²) in [6.45, 7) is 0.796. The van der Waals surface area contributed by atoms with Crippen LogP contribution in [-0.2, 0) is 4.74 Å². The predicted octanol–water partition coefficient (Wildman–Crippen LogP) is 0.173. The average Bonchev–Trinajstić information content (AvgIpc) is 2.75. The van der Waals surface area contributed by atoms with Gasteiger partial charge in [-0.25, -0.2) is 9.50 Å². The maximum atomic E-state index is 9.64. The second-order valence-corrected chi connectivity index (χ2v) is 3.91. The van der Waals surface area contributed by atoms with Crippen LogP contribution < -0.4 is 4.90 Å². The number of aliphatic hydroxyl groups excluding tert-OH is 1. The molecule has 1 unspecified atom stereocenters. The van der Waals surface area contributed by atoms with Crippen LogP contribution in [0.3, 0.4) is 0 Å². The lowest BCUT2D eigenvalue weighted by molar-refractivity contribution is 0.0694. The van der Waals surface area contributed by atoms with Crippen molar-refractivity contribution in [2.45, 2.75) is 6.10 Å². The van der Waals surface area contributed by atoms with Crippen LogP contribution in [0.4, 0.5) is 5.82 Å². The Hall–Kier alpha value is -1.66. The Morgan fingerprint density at radius 2 is 2.35 bits per heavy atom. The summed E-state index contributed by atoms with van der Waals surface area (Å²) in [5.74, 6) is 0.799. The molecule has 0 aliphatic carbocycles. The van der Waals surface area contributed by atoms with Gasteiger partial charge in [-0.15, -0.1) is 0 Å². The van der Waals surface area contributed by atoms with Crippen LogP contribution >= 0.6 is 0 Å². The van der Waals surface area contributed by atoms with Gasteiger partial charge in [-0.1, -0.05) is 0 Å². The quantitative estimate of drug-likeness (QED) is 0.802. The van der Waals surface area contributed by atoms with Gasteiger partial charge in [0.05, 0.1) is 18.9 Å². The summed E-state index contributed by atoms with van der Waals surface area (Å²) in [7, 11) is 3.45. The summed E-state index contributed by atoms with van der Waals surface area (Å²) in [6, 6.07) is 3.70. The number of aromatic nitrogens is 3. The van der Waals surface area contributed by atoms with Gasteiger partial charge >= 0.3 is 0 Å². The number of nitrogens with zero attached hydrogens (tertiary/aromatic N) is 4. The van der Waals surface area contributed by atoms with Gasteiger partial charge in [0.15, 0.2) is 5.65 Å². The van der Waals surface area contributed by atoms with Gasteiger partial charge in [-0.3, -0.25) is 0 Å². The van der Waals surface area contributed by atoms with Crippen molar-refractivity contribution in [3.05, 3.63) is 24.5 Å². The summed E-state index contributed by atoms with van der Waals surface area (Å²) < 4.78 is 6.58. The fourth-order valence-electron chi connectivity index (χ4n) is 1.67. The van der Waals surface area contributed by atoms with Crippen LogP contribution in [0.1, 0.15) is 0 Å². The van der Waals surface area contributed by atoms with Gasteiger partial charge in [0.25, 0.3) is 0 Å². The van der Waals surface area contributed by atoms with E-state index in [9.17, 15) is 5.11 Å². The molecule has 0 bridgehead atoms. The zero-order valence-electron chi connectivity index (χ0n) is 9.95. The predicted molar refractivity (Wildman–Crippen MR) is 64.1 cm³/mol. The van der Waals surface area contributed by atoms with Crippen molar-refractivity contribution >= 4 is 11.5 Å². The molecule has 0 amide bonds. The normalized spacial score (nSPS) is 12.9. The van der Waals surface area contributed by atoms with Crippen molar-refractivity contribution in [3.63, 3.8) is 0 Å². The summed E-state index contributed by atoms with van der Waals surface area (Å²) in [5.41, 5.74) is 0.788. The zero-order valence-corrected chi connectivity index (χ0v) is 9.95. The topological polar surface area (TPSA) is 62.9 Å². The summed E-state index contributed by atoms with van der Waals surface area (Å²) in [4.78, 5) is 6.31. The lowest BCUT2D eigenvalue weighted by Crippen LogP contribution is -2.32. The van der Waals surface area contributed by atoms with Crippen LogP contribution in [0.25, 0.3) is 5.65 Å². The molecule has 2 rings (SSSR count). The highest BCUT2D eigenvalue weighted by Crippen LogP contribution is 2.10. The molecular weight excluding hydrogens is 220 g/mol. The second-order valence-electron chi connectivity index (χ2n) is 3.91. The molecule has 2 aromatic heterocycles. The van der Waals surface area contributed by atoms with E-state index in [2.05, 4.69) is 10.1 Å². The highest BCUT2D eigenvalue weighted by molar-refractivity contribution is 5.46. The van der Waals surface area contributed by atoms with Gasteiger partial charge in [-0.05, 0) is 6.07 Å². The van der Waals surface area contributed by atoms with E-state index in [1.165, 1.54) is 0 Å². The van der Waals surface area contributed by atoms with Crippen molar-refractivity contribution in [2.24, 2.45) is 0 Å². The molecule has 0 saturated heterocycles. The zero-order chi connectivity index (χ0) is 12.3. The first kappa shape index (κ1) is 11.8. The maximum absolute atomic E-state index is 9.64. The number of ether oxygens (including phenoxy) is 1. The van der Waals surface area contributed by atoms with E-state index >= 15 is 0 Å². The van der Waals surface area contributed by atoms with Crippen LogP contribution in [-0.4, -0.2) is 53.1 Å². The molecule has 0 spiro atoms. The Morgan fingerprint density at radius 3 is 3.12 bits per heavy atom. The van der Waals surface area contributed by atoms with Crippen LogP contribution in [0.2, 0.25) is 0 Å². The van der Waals surface area contributed by atoms with E-state index < -0.39 is 6.10 Å². The minimum absolute atomic E-state index is 0.319. The fraction of sp³-hybridized carbons (Fsp3) is 0.455. The maximum Gasteiger partial charge on any atom is 0.157 e. The molecule has 2 aromatic rings. The molecule has 0 fully saturated rings. The van der Waals surface area contributed by atoms with E-state index in [1.54, 1.807) is 17.8 Å². The molecule has 92 valence electrons. The molecule has 0 saturated carbocycles.